The lowest BCUT2D eigenvalue weighted by atomic mass is 10.2. The molecule has 1 saturated heterocycles. The Labute approximate surface area is 163 Å². The molecule has 2 heterocycles. The minimum atomic E-state index is -0.552. The summed E-state index contributed by atoms with van der Waals surface area (Å²) in [6.07, 6.45) is 2.38. The second-order valence-electron chi connectivity index (χ2n) is 6.25. The number of nitrogens with one attached hydrogen (secondary N) is 1. The predicted molar refractivity (Wildman–Crippen MR) is 107 cm³/mol. The number of anilines is 2. The van der Waals surface area contributed by atoms with Crippen LogP contribution in [0.4, 0.5) is 16.5 Å². The smallest absolute Gasteiger partial charge is 0.270 e. The number of hydrogen-bond acceptors (Lipinski definition) is 6. The summed E-state index contributed by atoms with van der Waals surface area (Å²) >= 11 is 7.63. The van der Waals surface area contributed by atoms with Crippen LogP contribution in [-0.4, -0.2) is 28.9 Å². The Morgan fingerprint density at radius 1 is 1.22 bits per heavy atom. The van der Waals surface area contributed by atoms with Gasteiger partial charge in [0.15, 0.2) is 5.13 Å². The average molecular weight is 403 g/mol. The number of fused-ring (bicyclic) bond motifs is 1. The van der Waals surface area contributed by atoms with Gasteiger partial charge in [0.25, 0.3) is 11.6 Å². The molecule has 7 nitrogen and oxygen atoms in total. The van der Waals surface area contributed by atoms with Crippen LogP contribution in [0.25, 0.3) is 10.2 Å². The third kappa shape index (κ3) is 3.58. The molecule has 0 atom stereocenters. The molecule has 1 amide bonds. The van der Waals surface area contributed by atoms with Crippen LogP contribution < -0.4 is 10.2 Å². The SMILES string of the molecule is O=C(Nc1ccc2nc(N3CCCC3)sc2c1)c1ccc([N+](=O)[O-])cc1Cl. The van der Waals surface area contributed by atoms with E-state index in [0.29, 0.717) is 5.69 Å². The van der Waals surface area contributed by atoms with Crippen molar-refractivity contribution in [2.45, 2.75) is 12.8 Å². The number of halogens is 1. The van der Waals surface area contributed by atoms with Crippen molar-refractivity contribution in [3.8, 4) is 0 Å². The lowest BCUT2D eigenvalue weighted by molar-refractivity contribution is -0.384. The van der Waals surface area contributed by atoms with Crippen LogP contribution in [0, 0.1) is 10.1 Å². The lowest BCUT2D eigenvalue weighted by Crippen LogP contribution is -2.16. The molecule has 1 aliphatic heterocycles. The highest BCUT2D eigenvalue weighted by atomic mass is 35.5. The molecule has 0 radical (unpaired) electrons. The van der Waals surface area contributed by atoms with E-state index in [-0.39, 0.29) is 16.3 Å². The number of non-ortho nitro benzene ring substituents is 1. The Morgan fingerprint density at radius 3 is 2.70 bits per heavy atom. The molecule has 1 fully saturated rings. The number of benzene rings is 2. The standard InChI is InChI=1S/C18H15ClN4O3S/c19-14-10-12(23(25)26)4-5-13(14)17(24)20-11-3-6-15-16(9-11)27-18(21-15)22-7-1-2-8-22/h3-6,9-10H,1-2,7-8H2,(H,20,24). The van der Waals surface area contributed by atoms with Crippen LogP contribution in [0.2, 0.25) is 5.02 Å². The summed E-state index contributed by atoms with van der Waals surface area (Å²) in [6.45, 7) is 2.06. The Bertz CT molecular complexity index is 1050. The van der Waals surface area contributed by atoms with E-state index in [1.54, 1.807) is 17.4 Å². The first-order chi connectivity index (χ1) is 13.0. The van der Waals surface area contributed by atoms with Crippen molar-refractivity contribution in [2.75, 3.05) is 23.3 Å². The van der Waals surface area contributed by atoms with E-state index in [0.717, 1.165) is 28.4 Å². The number of aromatic nitrogens is 1. The molecule has 0 saturated carbocycles. The van der Waals surface area contributed by atoms with E-state index in [1.165, 1.54) is 31.0 Å². The van der Waals surface area contributed by atoms with Gasteiger partial charge in [0.05, 0.1) is 25.7 Å². The second kappa shape index (κ2) is 7.13. The largest absolute Gasteiger partial charge is 0.348 e. The van der Waals surface area contributed by atoms with Crippen molar-refractivity contribution < 1.29 is 9.72 Å². The van der Waals surface area contributed by atoms with E-state index >= 15 is 0 Å². The van der Waals surface area contributed by atoms with Gasteiger partial charge < -0.3 is 10.2 Å². The molecular weight excluding hydrogens is 388 g/mol. The summed E-state index contributed by atoms with van der Waals surface area (Å²) < 4.78 is 0.990. The topological polar surface area (TPSA) is 88.4 Å². The van der Waals surface area contributed by atoms with E-state index in [1.807, 2.05) is 12.1 Å². The maximum absolute atomic E-state index is 12.5. The fraction of sp³-hybridized carbons (Fsp3) is 0.222. The summed E-state index contributed by atoms with van der Waals surface area (Å²) in [5.74, 6) is -0.418. The van der Waals surface area contributed by atoms with Crippen molar-refractivity contribution in [2.24, 2.45) is 0 Å². The van der Waals surface area contributed by atoms with Gasteiger partial charge in [-0.3, -0.25) is 14.9 Å². The third-order valence-corrected chi connectivity index (χ3v) is 5.81. The first-order valence-electron chi connectivity index (χ1n) is 8.42. The average Bonchev–Trinajstić information content (AvgIpc) is 3.30. The molecule has 1 aliphatic rings. The zero-order chi connectivity index (χ0) is 19.0. The highest BCUT2D eigenvalue weighted by Gasteiger charge is 2.18. The monoisotopic (exact) mass is 402 g/mol. The number of nitro groups is 1. The molecule has 0 unspecified atom stereocenters. The van der Waals surface area contributed by atoms with Crippen molar-refractivity contribution >= 4 is 55.6 Å². The Balaban J connectivity index is 1.55. The highest BCUT2D eigenvalue weighted by molar-refractivity contribution is 7.22. The molecule has 4 rings (SSSR count). The van der Waals surface area contributed by atoms with Crippen molar-refractivity contribution in [1.29, 1.82) is 0 Å². The minimum absolute atomic E-state index is 0.0388. The van der Waals surface area contributed by atoms with Gasteiger partial charge >= 0.3 is 0 Å². The number of carbonyl (C=O) groups excluding carboxylic acids is 1. The van der Waals surface area contributed by atoms with Crippen molar-refractivity contribution in [3.63, 3.8) is 0 Å². The van der Waals surface area contributed by atoms with Crippen LogP contribution in [0.1, 0.15) is 23.2 Å². The summed E-state index contributed by atoms with van der Waals surface area (Å²) in [7, 11) is 0. The van der Waals surface area contributed by atoms with Gasteiger partial charge in [0.2, 0.25) is 0 Å². The Hall–Kier alpha value is -2.71. The van der Waals surface area contributed by atoms with Gasteiger partial charge in [-0.2, -0.15) is 0 Å². The zero-order valence-electron chi connectivity index (χ0n) is 14.1. The molecule has 2 aromatic carbocycles. The molecule has 3 aromatic rings. The van der Waals surface area contributed by atoms with Gasteiger partial charge in [0, 0.05) is 30.9 Å². The van der Waals surface area contributed by atoms with Crippen LogP contribution in [0.15, 0.2) is 36.4 Å². The molecule has 9 heteroatoms. The molecule has 138 valence electrons. The normalized spacial score (nSPS) is 13.9. The molecule has 1 N–H and O–H groups in total. The first kappa shape index (κ1) is 17.7. The predicted octanol–water partition coefficient (Wildman–Crippen LogP) is 4.71. The number of rotatable bonds is 4. The summed E-state index contributed by atoms with van der Waals surface area (Å²) in [4.78, 5) is 29.7. The molecular formula is C18H15ClN4O3S. The van der Waals surface area contributed by atoms with Crippen LogP contribution in [-0.2, 0) is 0 Å². The summed E-state index contributed by atoms with van der Waals surface area (Å²) in [5.41, 5.74) is 1.55. The van der Waals surface area contributed by atoms with Crippen molar-refractivity contribution in [1.82, 2.24) is 4.98 Å². The molecule has 0 bridgehead atoms. The number of amides is 1. The van der Waals surface area contributed by atoms with Gasteiger partial charge in [-0.05, 0) is 37.1 Å². The van der Waals surface area contributed by atoms with Crippen LogP contribution in [0.3, 0.4) is 0 Å². The maximum atomic E-state index is 12.5. The summed E-state index contributed by atoms with van der Waals surface area (Å²) in [5, 5.41) is 14.6. The van der Waals surface area contributed by atoms with Gasteiger partial charge in [-0.1, -0.05) is 22.9 Å². The molecule has 1 aromatic heterocycles. The van der Waals surface area contributed by atoms with E-state index in [2.05, 4.69) is 15.2 Å². The second-order valence-corrected chi connectivity index (χ2v) is 7.66. The Kier molecular flexibility index (Phi) is 4.67. The number of carbonyl (C=O) groups is 1. The van der Waals surface area contributed by atoms with Gasteiger partial charge in [-0.25, -0.2) is 4.98 Å². The van der Waals surface area contributed by atoms with E-state index in [4.69, 9.17) is 11.6 Å². The quantitative estimate of drug-likeness (QED) is 0.504. The summed E-state index contributed by atoms with van der Waals surface area (Å²) in [6, 6.07) is 9.32. The number of nitro benzene ring substituents is 1. The first-order valence-corrected chi connectivity index (χ1v) is 9.61. The third-order valence-electron chi connectivity index (χ3n) is 4.42. The van der Waals surface area contributed by atoms with Crippen molar-refractivity contribution in [3.05, 3.63) is 57.1 Å². The maximum Gasteiger partial charge on any atom is 0.270 e. The lowest BCUT2D eigenvalue weighted by Gasteiger charge is -2.11. The van der Waals surface area contributed by atoms with E-state index < -0.39 is 10.8 Å². The highest BCUT2D eigenvalue weighted by Crippen LogP contribution is 2.32. The van der Waals surface area contributed by atoms with Crippen LogP contribution >= 0.6 is 22.9 Å². The van der Waals surface area contributed by atoms with Gasteiger partial charge in [-0.15, -0.1) is 0 Å². The fourth-order valence-corrected chi connectivity index (χ4v) is 4.35. The molecule has 0 spiro atoms. The number of hydrogen-bond donors (Lipinski definition) is 1. The number of nitrogens with zero attached hydrogens (tertiary/aromatic N) is 3. The fourth-order valence-electron chi connectivity index (χ4n) is 3.03. The van der Waals surface area contributed by atoms with Gasteiger partial charge in [0.1, 0.15) is 0 Å². The van der Waals surface area contributed by atoms with E-state index in [9.17, 15) is 14.9 Å². The molecule has 0 aliphatic carbocycles. The zero-order valence-corrected chi connectivity index (χ0v) is 15.7. The Morgan fingerprint density at radius 2 is 2.00 bits per heavy atom. The van der Waals surface area contributed by atoms with Crippen LogP contribution in [0.5, 0.6) is 0 Å². The number of thiazole rings is 1. The minimum Gasteiger partial charge on any atom is -0.348 e. The molecule has 27 heavy (non-hydrogen) atoms.